The summed E-state index contributed by atoms with van der Waals surface area (Å²) in [6.07, 6.45) is 4.75. The lowest BCUT2D eigenvalue weighted by atomic mass is 9.86. The molecular weight excluding hydrogens is 268 g/mol. The number of hydrogen-bond acceptors (Lipinski definition) is 2. The topological polar surface area (TPSA) is 29.3 Å². The van der Waals surface area contributed by atoms with Gasteiger partial charge in [-0.15, -0.1) is 0 Å². The third-order valence-electron chi connectivity index (χ3n) is 5.20. The van der Waals surface area contributed by atoms with Gasteiger partial charge >= 0.3 is 0 Å². The van der Waals surface area contributed by atoms with Crippen molar-refractivity contribution in [3.8, 4) is 0 Å². The Hall–Kier alpha value is -0.860. The quantitative estimate of drug-likeness (QED) is 0.886. The molecule has 2 rings (SSSR count). The summed E-state index contributed by atoms with van der Waals surface area (Å²) in [5, 5.41) is 0. The summed E-state index contributed by atoms with van der Waals surface area (Å²) in [4.78, 5) is 2.66. The Bertz CT molecular complexity index is 458. The van der Waals surface area contributed by atoms with E-state index < -0.39 is 0 Å². The molecule has 1 fully saturated rings. The van der Waals surface area contributed by atoms with E-state index in [0.717, 1.165) is 13.0 Å². The number of rotatable bonds is 5. The fourth-order valence-electron chi connectivity index (χ4n) is 3.82. The highest BCUT2D eigenvalue weighted by Gasteiger charge is 2.29. The molecule has 0 aliphatic heterocycles. The first-order valence-electron chi connectivity index (χ1n) is 8.92. The van der Waals surface area contributed by atoms with Gasteiger partial charge < -0.3 is 5.73 Å². The normalized spacial score (nSPS) is 24.0. The largest absolute Gasteiger partial charge is 0.328 e. The number of hydrogen-bond donors (Lipinski definition) is 1. The van der Waals surface area contributed by atoms with Gasteiger partial charge in [-0.25, -0.2) is 0 Å². The van der Waals surface area contributed by atoms with Gasteiger partial charge in [-0.05, 0) is 55.7 Å². The second kappa shape index (κ2) is 7.14. The average molecular weight is 303 g/mol. The summed E-state index contributed by atoms with van der Waals surface area (Å²) in [6.45, 7) is 12.6. The van der Waals surface area contributed by atoms with E-state index >= 15 is 0 Å². The van der Waals surface area contributed by atoms with E-state index in [1.807, 2.05) is 0 Å². The van der Waals surface area contributed by atoms with E-state index in [4.69, 9.17) is 5.73 Å². The molecule has 0 aromatic heterocycles. The summed E-state index contributed by atoms with van der Waals surface area (Å²) >= 11 is 0. The number of benzene rings is 1. The molecule has 0 amide bonds. The van der Waals surface area contributed by atoms with Gasteiger partial charge in [-0.1, -0.05) is 52.0 Å². The molecule has 1 aromatic rings. The van der Waals surface area contributed by atoms with Gasteiger partial charge in [0.25, 0.3) is 0 Å². The zero-order chi connectivity index (χ0) is 16.3. The Morgan fingerprint density at radius 3 is 2.27 bits per heavy atom. The molecule has 1 unspecified atom stereocenters. The molecule has 2 N–H and O–H groups in total. The van der Waals surface area contributed by atoms with Crippen molar-refractivity contribution >= 4 is 0 Å². The van der Waals surface area contributed by atoms with E-state index in [1.54, 1.807) is 0 Å². The first-order valence-corrected chi connectivity index (χ1v) is 8.92. The molecule has 1 saturated carbocycles. The van der Waals surface area contributed by atoms with E-state index in [9.17, 15) is 0 Å². The van der Waals surface area contributed by atoms with Crippen molar-refractivity contribution in [3.05, 3.63) is 35.4 Å². The first kappa shape index (κ1) is 17.5. The first-order chi connectivity index (χ1) is 10.3. The smallest absolute Gasteiger partial charge is 0.0113 e. The molecule has 0 radical (unpaired) electrons. The Morgan fingerprint density at radius 1 is 1.18 bits per heavy atom. The van der Waals surface area contributed by atoms with Crippen molar-refractivity contribution in [1.82, 2.24) is 4.90 Å². The van der Waals surface area contributed by atoms with Crippen LogP contribution in [0, 0.1) is 0 Å². The highest BCUT2D eigenvalue weighted by Crippen LogP contribution is 2.26. The molecule has 1 aromatic carbocycles. The van der Waals surface area contributed by atoms with Crippen molar-refractivity contribution < 1.29 is 0 Å². The number of likely N-dealkylation sites (N-methyl/N-ethyl adjacent to an activating group) is 1. The van der Waals surface area contributed by atoms with Crippen LogP contribution >= 0.6 is 0 Å². The van der Waals surface area contributed by atoms with Gasteiger partial charge in [-0.3, -0.25) is 4.90 Å². The molecule has 3 atom stereocenters. The maximum atomic E-state index is 6.10. The number of nitrogens with zero attached hydrogens (tertiary/aromatic N) is 1. The van der Waals surface area contributed by atoms with Gasteiger partial charge in [0.05, 0.1) is 0 Å². The highest BCUT2D eigenvalue weighted by atomic mass is 15.2. The van der Waals surface area contributed by atoms with Crippen molar-refractivity contribution in [1.29, 1.82) is 0 Å². The summed E-state index contributed by atoms with van der Waals surface area (Å²) in [5.41, 5.74) is 9.20. The van der Waals surface area contributed by atoms with E-state index in [1.165, 1.54) is 30.4 Å². The third-order valence-corrected chi connectivity index (χ3v) is 5.20. The summed E-state index contributed by atoms with van der Waals surface area (Å²) < 4.78 is 0. The highest BCUT2D eigenvalue weighted by molar-refractivity contribution is 5.28. The number of nitrogens with two attached hydrogens (primary N) is 1. The van der Waals surface area contributed by atoms with Crippen LogP contribution in [0.25, 0.3) is 0 Å². The fraction of sp³-hybridized carbons (Fsp3) is 0.700. The van der Waals surface area contributed by atoms with Crippen LogP contribution in [0.5, 0.6) is 0 Å². The predicted octanol–water partition coefficient (Wildman–Crippen LogP) is 4.12. The minimum absolute atomic E-state index is 0.236. The van der Waals surface area contributed by atoms with Gasteiger partial charge in [0, 0.05) is 18.1 Å². The van der Waals surface area contributed by atoms with Crippen LogP contribution in [0.3, 0.4) is 0 Å². The monoisotopic (exact) mass is 302 g/mol. The van der Waals surface area contributed by atoms with Crippen LogP contribution in [0.15, 0.2) is 24.3 Å². The van der Waals surface area contributed by atoms with Crippen molar-refractivity contribution in [2.75, 3.05) is 6.54 Å². The van der Waals surface area contributed by atoms with Gasteiger partial charge in [0.1, 0.15) is 0 Å². The summed E-state index contributed by atoms with van der Waals surface area (Å²) in [6, 6.07) is 10.9. The van der Waals surface area contributed by atoms with Crippen LogP contribution in [-0.2, 0) is 11.8 Å². The fourth-order valence-corrected chi connectivity index (χ4v) is 3.82. The Morgan fingerprint density at radius 2 is 1.82 bits per heavy atom. The second-order valence-electron chi connectivity index (χ2n) is 8.06. The molecule has 1 aliphatic carbocycles. The Balaban J connectivity index is 1.99. The molecule has 22 heavy (non-hydrogen) atoms. The molecular formula is C20H34N2. The molecule has 0 saturated heterocycles. The van der Waals surface area contributed by atoms with E-state index in [2.05, 4.69) is 63.8 Å². The van der Waals surface area contributed by atoms with Gasteiger partial charge in [0.2, 0.25) is 0 Å². The molecule has 2 nitrogen and oxygen atoms in total. The SMILES string of the molecule is CCN(C(C)Cc1ccc(C(C)(C)C)cc1)[C@H]1CC[C@H](N)C1. The minimum atomic E-state index is 0.236. The second-order valence-corrected chi connectivity index (χ2v) is 8.06. The van der Waals surface area contributed by atoms with Crippen molar-refractivity contribution in [2.45, 2.75) is 83.8 Å². The minimum Gasteiger partial charge on any atom is -0.328 e. The molecule has 124 valence electrons. The Kier molecular flexibility index (Phi) is 5.68. The van der Waals surface area contributed by atoms with E-state index in [0.29, 0.717) is 18.1 Å². The van der Waals surface area contributed by atoms with Crippen LogP contribution in [-0.4, -0.2) is 29.6 Å². The van der Waals surface area contributed by atoms with Crippen molar-refractivity contribution in [2.24, 2.45) is 5.73 Å². The average Bonchev–Trinajstić information content (AvgIpc) is 2.85. The molecule has 0 spiro atoms. The molecule has 0 heterocycles. The zero-order valence-corrected chi connectivity index (χ0v) is 15.1. The summed E-state index contributed by atoms with van der Waals surface area (Å²) in [5.74, 6) is 0. The van der Waals surface area contributed by atoms with Crippen LogP contribution in [0.2, 0.25) is 0 Å². The van der Waals surface area contributed by atoms with Crippen LogP contribution < -0.4 is 5.73 Å². The summed E-state index contributed by atoms with van der Waals surface area (Å²) in [7, 11) is 0. The lowest BCUT2D eigenvalue weighted by Gasteiger charge is -2.34. The van der Waals surface area contributed by atoms with Crippen molar-refractivity contribution in [3.63, 3.8) is 0 Å². The Labute approximate surface area is 137 Å². The lowest BCUT2D eigenvalue weighted by Crippen LogP contribution is -2.42. The lowest BCUT2D eigenvalue weighted by molar-refractivity contribution is 0.152. The predicted molar refractivity (Wildman–Crippen MR) is 96.3 cm³/mol. The molecule has 0 bridgehead atoms. The standard InChI is InChI=1S/C20H34N2/c1-6-22(19-12-11-18(21)14-19)15(2)13-16-7-9-17(10-8-16)20(3,4)5/h7-10,15,18-19H,6,11-14,21H2,1-5H3/t15?,18-,19-/m0/s1. The van der Waals surface area contributed by atoms with Gasteiger partial charge in [-0.2, -0.15) is 0 Å². The van der Waals surface area contributed by atoms with Gasteiger partial charge in [0.15, 0.2) is 0 Å². The third kappa shape index (κ3) is 4.33. The molecule has 1 aliphatic rings. The zero-order valence-electron chi connectivity index (χ0n) is 15.1. The van der Waals surface area contributed by atoms with Crippen LogP contribution in [0.4, 0.5) is 0 Å². The maximum Gasteiger partial charge on any atom is 0.0113 e. The van der Waals surface area contributed by atoms with Crippen LogP contribution in [0.1, 0.15) is 65.0 Å². The van der Waals surface area contributed by atoms with E-state index in [-0.39, 0.29) is 5.41 Å². The maximum absolute atomic E-state index is 6.10. The molecule has 2 heteroatoms.